The van der Waals surface area contributed by atoms with E-state index in [2.05, 4.69) is 61.4 Å². The van der Waals surface area contributed by atoms with Gasteiger partial charge in [0.2, 0.25) is 5.91 Å². The normalized spacial score (nSPS) is 20.0. The van der Waals surface area contributed by atoms with Crippen molar-refractivity contribution in [3.63, 3.8) is 0 Å². The summed E-state index contributed by atoms with van der Waals surface area (Å²) in [7, 11) is 0. The molecule has 0 saturated carbocycles. The number of rotatable bonds is 9. The standard InChI is InChI=1S/C26H38N2O2S/c1-17(2)23(25(30)28-26-27-13-12-21(6)31-26)16-24(29)20(5)14-18(3)19(4)15-22-10-8-7-9-11-22/h7-11,14,17,19-21,23H,12-13,15-16H2,1-6H3,(H,27,28,30)/b18-14+/t19-,20-,21?,23+/m1/s1. The van der Waals surface area contributed by atoms with E-state index in [0.29, 0.717) is 16.3 Å². The highest BCUT2D eigenvalue weighted by molar-refractivity contribution is 8.14. The second kappa shape index (κ2) is 12.2. The van der Waals surface area contributed by atoms with Gasteiger partial charge in [-0.3, -0.25) is 14.6 Å². The van der Waals surface area contributed by atoms with Gasteiger partial charge in [0.05, 0.1) is 0 Å². The molecule has 4 atom stereocenters. The van der Waals surface area contributed by atoms with Crippen molar-refractivity contribution in [1.82, 2.24) is 5.32 Å². The summed E-state index contributed by atoms with van der Waals surface area (Å²) >= 11 is 1.60. The minimum absolute atomic E-state index is 0.0878. The van der Waals surface area contributed by atoms with Gasteiger partial charge in [-0.15, -0.1) is 0 Å². The molecule has 0 spiro atoms. The number of carbonyl (C=O) groups is 2. The van der Waals surface area contributed by atoms with Crippen LogP contribution in [0.2, 0.25) is 0 Å². The second-order valence-electron chi connectivity index (χ2n) is 9.20. The lowest BCUT2D eigenvalue weighted by molar-refractivity contribution is -0.130. The zero-order valence-electron chi connectivity index (χ0n) is 19.9. The lowest BCUT2D eigenvalue weighted by atomic mass is 9.85. The van der Waals surface area contributed by atoms with Crippen molar-refractivity contribution >= 4 is 28.6 Å². The maximum absolute atomic E-state index is 13.0. The van der Waals surface area contributed by atoms with E-state index in [4.69, 9.17) is 0 Å². The van der Waals surface area contributed by atoms with Gasteiger partial charge in [-0.1, -0.05) is 88.4 Å². The fraction of sp³-hybridized carbons (Fsp3) is 0.577. The average Bonchev–Trinajstić information content (AvgIpc) is 2.72. The third-order valence-corrected chi connectivity index (χ3v) is 7.17. The van der Waals surface area contributed by atoms with Gasteiger partial charge in [0, 0.05) is 30.1 Å². The molecule has 0 aromatic heterocycles. The van der Waals surface area contributed by atoms with E-state index in [-0.39, 0.29) is 35.9 Å². The zero-order chi connectivity index (χ0) is 23.0. The van der Waals surface area contributed by atoms with Crippen LogP contribution in [0.1, 0.15) is 59.9 Å². The number of nitrogens with one attached hydrogen (secondary N) is 1. The summed E-state index contributed by atoms with van der Waals surface area (Å²) in [6.07, 6.45) is 4.32. The summed E-state index contributed by atoms with van der Waals surface area (Å²) in [5, 5.41) is 4.12. The Labute approximate surface area is 192 Å². The van der Waals surface area contributed by atoms with Crippen LogP contribution in [0.3, 0.4) is 0 Å². The van der Waals surface area contributed by atoms with Gasteiger partial charge in [-0.2, -0.15) is 0 Å². The molecule has 1 unspecified atom stereocenters. The molecule has 0 radical (unpaired) electrons. The topological polar surface area (TPSA) is 58.5 Å². The van der Waals surface area contributed by atoms with Crippen molar-refractivity contribution in [2.75, 3.05) is 6.54 Å². The lowest BCUT2D eigenvalue weighted by Gasteiger charge is -2.23. The zero-order valence-corrected chi connectivity index (χ0v) is 20.7. The summed E-state index contributed by atoms with van der Waals surface area (Å²) in [5.41, 5.74) is 2.52. The van der Waals surface area contributed by atoms with Crippen LogP contribution in [0.5, 0.6) is 0 Å². The predicted molar refractivity (Wildman–Crippen MR) is 132 cm³/mol. The van der Waals surface area contributed by atoms with Gasteiger partial charge in [0.15, 0.2) is 5.17 Å². The number of aliphatic imine (C=N–C) groups is 1. The van der Waals surface area contributed by atoms with Crippen LogP contribution in [0.25, 0.3) is 0 Å². The van der Waals surface area contributed by atoms with E-state index in [1.807, 2.05) is 26.8 Å². The van der Waals surface area contributed by atoms with Gasteiger partial charge >= 0.3 is 0 Å². The fourth-order valence-electron chi connectivity index (χ4n) is 3.72. The first-order valence-corrected chi connectivity index (χ1v) is 12.3. The number of Topliss-reactive ketones (excluding diaryl/α,β-unsaturated/α-hetero) is 1. The molecule has 0 saturated heterocycles. The van der Waals surface area contributed by atoms with Crippen molar-refractivity contribution in [2.45, 2.75) is 66.1 Å². The first-order valence-electron chi connectivity index (χ1n) is 11.4. The Kier molecular flexibility index (Phi) is 10.0. The number of amides is 1. The quantitative estimate of drug-likeness (QED) is 0.501. The van der Waals surface area contributed by atoms with E-state index >= 15 is 0 Å². The maximum atomic E-state index is 13.0. The molecule has 1 aromatic rings. The van der Waals surface area contributed by atoms with E-state index in [1.54, 1.807) is 11.8 Å². The second-order valence-corrected chi connectivity index (χ2v) is 10.6. The smallest absolute Gasteiger partial charge is 0.229 e. The van der Waals surface area contributed by atoms with Crippen LogP contribution >= 0.6 is 11.8 Å². The Bertz CT molecular complexity index is 801. The van der Waals surface area contributed by atoms with Crippen molar-refractivity contribution in [2.24, 2.45) is 28.7 Å². The summed E-state index contributed by atoms with van der Waals surface area (Å²) in [6.45, 7) is 13.1. The van der Waals surface area contributed by atoms with Crippen molar-refractivity contribution in [3.05, 3.63) is 47.5 Å². The summed E-state index contributed by atoms with van der Waals surface area (Å²) < 4.78 is 0. The van der Waals surface area contributed by atoms with Crippen molar-refractivity contribution < 1.29 is 9.59 Å². The van der Waals surface area contributed by atoms with Crippen LogP contribution in [-0.4, -0.2) is 28.7 Å². The van der Waals surface area contributed by atoms with Crippen LogP contribution in [0.15, 0.2) is 47.0 Å². The van der Waals surface area contributed by atoms with Crippen LogP contribution in [-0.2, 0) is 16.0 Å². The largest absolute Gasteiger partial charge is 0.305 e. The number of carbonyl (C=O) groups excluding carboxylic acids is 2. The molecule has 0 bridgehead atoms. The molecular formula is C26H38N2O2S. The number of hydrogen-bond donors (Lipinski definition) is 1. The van der Waals surface area contributed by atoms with Crippen molar-refractivity contribution in [1.29, 1.82) is 0 Å². The van der Waals surface area contributed by atoms with E-state index in [1.165, 1.54) is 11.1 Å². The molecule has 1 aromatic carbocycles. The van der Waals surface area contributed by atoms with Gasteiger partial charge in [-0.05, 0) is 37.2 Å². The molecule has 1 aliphatic heterocycles. The predicted octanol–water partition coefficient (Wildman–Crippen LogP) is 5.68. The van der Waals surface area contributed by atoms with Gasteiger partial charge in [0.1, 0.15) is 5.78 Å². The van der Waals surface area contributed by atoms with Gasteiger partial charge < -0.3 is 5.32 Å². The molecule has 170 valence electrons. The number of amidine groups is 1. The summed E-state index contributed by atoms with van der Waals surface area (Å²) in [4.78, 5) is 30.3. The number of nitrogens with zero attached hydrogens (tertiary/aromatic N) is 1. The average molecular weight is 443 g/mol. The maximum Gasteiger partial charge on any atom is 0.229 e. The summed E-state index contributed by atoms with van der Waals surface area (Å²) in [5.74, 6) is -0.0598. The van der Waals surface area contributed by atoms with E-state index in [9.17, 15) is 9.59 Å². The Hall–Kier alpha value is -1.88. The molecule has 2 rings (SSSR count). The Morgan fingerprint density at radius 3 is 2.48 bits per heavy atom. The molecule has 1 amide bonds. The number of thioether (sulfide) groups is 1. The number of hydrogen-bond acceptors (Lipinski definition) is 4. The van der Waals surface area contributed by atoms with Crippen LogP contribution in [0, 0.1) is 23.7 Å². The minimum Gasteiger partial charge on any atom is -0.305 e. The molecule has 5 heteroatoms. The first-order chi connectivity index (χ1) is 14.7. The number of allylic oxidation sites excluding steroid dienone is 2. The Morgan fingerprint density at radius 2 is 1.87 bits per heavy atom. The van der Waals surface area contributed by atoms with Crippen molar-refractivity contribution in [3.8, 4) is 0 Å². The minimum atomic E-state index is -0.342. The fourth-order valence-corrected chi connectivity index (χ4v) is 4.65. The Balaban J connectivity index is 1.96. The number of ketones is 1. The highest BCUT2D eigenvalue weighted by atomic mass is 32.2. The highest BCUT2D eigenvalue weighted by Crippen LogP contribution is 2.24. The SMILES string of the molecule is C/C(=C\[C@@H](C)C(=O)C[C@H](C(=O)NC1=NCCC(C)S1)C(C)C)[C@H](C)Cc1ccccc1. The number of benzene rings is 1. The Morgan fingerprint density at radius 1 is 1.19 bits per heavy atom. The molecule has 1 heterocycles. The molecule has 0 fully saturated rings. The first kappa shape index (κ1) is 25.4. The molecular weight excluding hydrogens is 404 g/mol. The lowest BCUT2D eigenvalue weighted by Crippen LogP contribution is -2.39. The molecule has 0 aliphatic carbocycles. The van der Waals surface area contributed by atoms with E-state index in [0.717, 1.165) is 19.4 Å². The van der Waals surface area contributed by atoms with Crippen LogP contribution in [0.4, 0.5) is 0 Å². The molecule has 1 aliphatic rings. The third-order valence-electron chi connectivity index (χ3n) is 6.08. The highest BCUT2D eigenvalue weighted by Gasteiger charge is 2.28. The van der Waals surface area contributed by atoms with E-state index < -0.39 is 0 Å². The third kappa shape index (κ3) is 8.29. The molecule has 31 heavy (non-hydrogen) atoms. The monoisotopic (exact) mass is 442 g/mol. The van der Waals surface area contributed by atoms with Crippen LogP contribution < -0.4 is 5.32 Å². The van der Waals surface area contributed by atoms with Gasteiger partial charge in [-0.25, -0.2) is 0 Å². The van der Waals surface area contributed by atoms with Gasteiger partial charge in [0.25, 0.3) is 0 Å². The molecule has 4 nitrogen and oxygen atoms in total. The summed E-state index contributed by atoms with van der Waals surface area (Å²) in [6, 6.07) is 10.4. The molecule has 1 N–H and O–H groups in total.